The first-order chi connectivity index (χ1) is 12.7. The molecule has 1 aliphatic heterocycles. The maximum Gasteiger partial charge on any atom is 0.145 e. The smallest absolute Gasteiger partial charge is 0.145 e. The van der Waals surface area contributed by atoms with E-state index in [1.807, 2.05) is 24.3 Å². The summed E-state index contributed by atoms with van der Waals surface area (Å²) in [6.07, 6.45) is 2.76. The summed E-state index contributed by atoms with van der Waals surface area (Å²) in [5.41, 5.74) is 6.34. The van der Waals surface area contributed by atoms with Crippen LogP contribution in [0.2, 0.25) is 5.02 Å². The van der Waals surface area contributed by atoms with Crippen molar-refractivity contribution in [2.45, 2.75) is 40.2 Å². The predicted octanol–water partition coefficient (Wildman–Crippen LogP) is 6.03. The molecule has 3 nitrogen and oxygen atoms in total. The molecule has 0 amide bonds. The second-order valence-corrected chi connectivity index (χ2v) is 8.93. The van der Waals surface area contributed by atoms with Crippen LogP contribution in [0.1, 0.15) is 43.0 Å². The normalized spacial score (nSPS) is 23.3. The van der Waals surface area contributed by atoms with E-state index in [1.54, 1.807) is 0 Å². The molecule has 140 valence electrons. The largest absolute Gasteiger partial charge is 0.375 e. The van der Waals surface area contributed by atoms with E-state index in [0.717, 1.165) is 22.6 Å². The minimum Gasteiger partial charge on any atom is -0.375 e. The number of hydrogen-bond acceptors (Lipinski definition) is 3. The van der Waals surface area contributed by atoms with Crippen LogP contribution < -0.4 is 10.6 Å². The number of carbonyl (C=O) groups excluding carboxylic acids is 1. The Hall–Kier alpha value is -2.26. The zero-order valence-electron chi connectivity index (χ0n) is 16.2. The number of allylic oxidation sites excluding steroid dienone is 1. The van der Waals surface area contributed by atoms with Gasteiger partial charge in [-0.1, -0.05) is 43.7 Å². The topological polar surface area (TPSA) is 41.1 Å². The number of Topliss-reactive ketones (excluding diaryl/α,β-unsaturated/α-hetero) is 1. The Bertz CT molecular complexity index is 961. The minimum atomic E-state index is -0.260. The molecular formula is C23H25ClN2O. The van der Waals surface area contributed by atoms with Gasteiger partial charge in [0.2, 0.25) is 0 Å². The number of carbonyl (C=O) groups is 1. The van der Waals surface area contributed by atoms with Crippen LogP contribution >= 0.6 is 11.6 Å². The monoisotopic (exact) mass is 380 g/mol. The van der Waals surface area contributed by atoms with E-state index >= 15 is 0 Å². The van der Waals surface area contributed by atoms with Crippen molar-refractivity contribution in [3.8, 4) is 0 Å². The Labute approximate surface area is 165 Å². The maximum absolute atomic E-state index is 13.2. The van der Waals surface area contributed by atoms with Crippen LogP contribution in [0.5, 0.6) is 0 Å². The summed E-state index contributed by atoms with van der Waals surface area (Å²) < 4.78 is 0. The third kappa shape index (κ3) is 3.37. The van der Waals surface area contributed by atoms with E-state index in [4.69, 9.17) is 11.6 Å². The molecule has 2 N–H and O–H groups in total. The summed E-state index contributed by atoms with van der Waals surface area (Å²) in [5, 5.41) is 7.90. The first-order valence-electron chi connectivity index (χ1n) is 9.39. The predicted molar refractivity (Wildman–Crippen MR) is 112 cm³/mol. The van der Waals surface area contributed by atoms with Crippen LogP contribution in [0.3, 0.4) is 0 Å². The summed E-state index contributed by atoms with van der Waals surface area (Å²) in [6, 6.07) is 12.0. The van der Waals surface area contributed by atoms with Gasteiger partial charge in [-0.3, -0.25) is 4.79 Å². The highest BCUT2D eigenvalue weighted by Gasteiger charge is 2.41. The van der Waals surface area contributed by atoms with Gasteiger partial charge in [0.25, 0.3) is 0 Å². The second kappa shape index (κ2) is 6.42. The van der Waals surface area contributed by atoms with Gasteiger partial charge < -0.3 is 10.6 Å². The lowest BCUT2D eigenvalue weighted by molar-refractivity contribution is -0.124. The number of ketones is 1. The third-order valence-electron chi connectivity index (χ3n) is 5.62. The number of nitrogens with one attached hydrogen (secondary N) is 2. The molecule has 1 heterocycles. The Balaban J connectivity index is 1.91. The Morgan fingerprint density at radius 2 is 1.78 bits per heavy atom. The van der Waals surface area contributed by atoms with E-state index in [-0.39, 0.29) is 23.2 Å². The molecule has 2 aromatic rings. The number of rotatable bonds is 1. The summed E-state index contributed by atoms with van der Waals surface area (Å²) in [6.45, 7) is 8.45. The van der Waals surface area contributed by atoms with Crippen LogP contribution in [-0.2, 0) is 4.79 Å². The number of fused-ring (bicyclic) bond motifs is 2. The lowest BCUT2D eigenvalue weighted by Gasteiger charge is -2.35. The fraction of sp³-hybridized carbons (Fsp3) is 0.348. The summed E-state index contributed by atoms with van der Waals surface area (Å²) in [4.78, 5) is 13.2. The minimum absolute atomic E-state index is 0.154. The molecule has 0 spiro atoms. The van der Waals surface area contributed by atoms with Gasteiger partial charge in [0.05, 0.1) is 23.3 Å². The molecule has 0 saturated carbocycles. The Morgan fingerprint density at radius 1 is 1.07 bits per heavy atom. The molecular weight excluding hydrogens is 356 g/mol. The molecule has 0 aromatic heterocycles. The first-order valence-corrected chi connectivity index (χ1v) is 9.77. The highest BCUT2D eigenvalue weighted by molar-refractivity contribution is 6.30. The number of benzene rings is 2. The van der Waals surface area contributed by atoms with Gasteiger partial charge in [-0.2, -0.15) is 0 Å². The SMILES string of the molecule is Cc1cc2c(cc1C)N[C@@H](c1cccc(Cl)c1)[C@@H]1C(=O)CC(C)(C)C=C1N2. The molecule has 0 unspecified atom stereocenters. The molecule has 0 saturated heterocycles. The molecule has 4 heteroatoms. The van der Waals surface area contributed by atoms with Gasteiger partial charge >= 0.3 is 0 Å². The molecule has 1 aliphatic carbocycles. The van der Waals surface area contributed by atoms with Crippen LogP contribution in [0.4, 0.5) is 11.4 Å². The number of hydrogen-bond donors (Lipinski definition) is 2. The van der Waals surface area contributed by atoms with Crippen LogP contribution in [0.15, 0.2) is 48.2 Å². The van der Waals surface area contributed by atoms with Gasteiger partial charge in [0.15, 0.2) is 0 Å². The molecule has 0 radical (unpaired) electrons. The molecule has 2 aliphatic rings. The van der Waals surface area contributed by atoms with Gasteiger partial charge in [0.1, 0.15) is 5.78 Å². The van der Waals surface area contributed by atoms with E-state index in [1.165, 1.54) is 11.1 Å². The fourth-order valence-corrected chi connectivity index (χ4v) is 4.39. The average Bonchev–Trinajstić information content (AvgIpc) is 2.71. The van der Waals surface area contributed by atoms with Crippen LogP contribution in [0, 0.1) is 25.2 Å². The fourth-order valence-electron chi connectivity index (χ4n) is 4.19. The molecule has 0 fully saturated rings. The summed E-state index contributed by atoms with van der Waals surface area (Å²) in [5.74, 6) is -0.00627. The van der Waals surface area contributed by atoms with Gasteiger partial charge in [-0.25, -0.2) is 0 Å². The summed E-state index contributed by atoms with van der Waals surface area (Å²) in [7, 11) is 0. The first kappa shape index (κ1) is 18.1. The van der Waals surface area contributed by atoms with Crippen molar-refractivity contribution >= 4 is 28.8 Å². The quantitative estimate of drug-likeness (QED) is 0.634. The van der Waals surface area contributed by atoms with Crippen molar-refractivity contribution in [2.75, 3.05) is 10.6 Å². The van der Waals surface area contributed by atoms with E-state index in [2.05, 4.69) is 56.5 Å². The van der Waals surface area contributed by atoms with E-state index in [9.17, 15) is 4.79 Å². The van der Waals surface area contributed by atoms with Gasteiger partial charge in [-0.05, 0) is 60.2 Å². The lowest BCUT2D eigenvalue weighted by Crippen LogP contribution is -2.36. The molecule has 0 bridgehead atoms. The van der Waals surface area contributed by atoms with Crippen molar-refractivity contribution in [1.29, 1.82) is 0 Å². The number of aryl methyl sites for hydroxylation is 2. The lowest BCUT2D eigenvalue weighted by atomic mass is 9.72. The summed E-state index contributed by atoms with van der Waals surface area (Å²) >= 11 is 6.26. The standard InChI is InChI=1S/C23H25ClN2O/c1-13-8-17-18(9-14(13)2)26-22(15-6-5-7-16(24)10-15)21-19(25-17)11-23(3,4)12-20(21)27/h5-11,21-22,25-26H,12H2,1-4H3/t21-,22-/m0/s1. The molecule has 2 atom stereocenters. The average molecular weight is 381 g/mol. The highest BCUT2D eigenvalue weighted by Crippen LogP contribution is 2.46. The number of anilines is 2. The molecule has 4 rings (SSSR count). The zero-order valence-corrected chi connectivity index (χ0v) is 16.9. The van der Waals surface area contributed by atoms with E-state index < -0.39 is 0 Å². The highest BCUT2D eigenvalue weighted by atomic mass is 35.5. The second-order valence-electron chi connectivity index (χ2n) is 8.49. The Morgan fingerprint density at radius 3 is 2.48 bits per heavy atom. The van der Waals surface area contributed by atoms with Crippen LogP contribution in [0.25, 0.3) is 0 Å². The molecule has 27 heavy (non-hydrogen) atoms. The Kier molecular flexibility index (Phi) is 4.31. The molecule has 2 aromatic carbocycles. The van der Waals surface area contributed by atoms with Crippen molar-refractivity contribution in [3.05, 3.63) is 69.9 Å². The van der Waals surface area contributed by atoms with E-state index in [0.29, 0.717) is 11.4 Å². The van der Waals surface area contributed by atoms with Gasteiger partial charge in [0, 0.05) is 17.1 Å². The third-order valence-corrected chi connectivity index (χ3v) is 5.86. The number of halogens is 1. The van der Waals surface area contributed by atoms with Crippen molar-refractivity contribution in [3.63, 3.8) is 0 Å². The van der Waals surface area contributed by atoms with Crippen LogP contribution in [-0.4, -0.2) is 5.78 Å². The maximum atomic E-state index is 13.2. The van der Waals surface area contributed by atoms with Crippen molar-refractivity contribution in [2.24, 2.45) is 11.3 Å². The van der Waals surface area contributed by atoms with Gasteiger partial charge in [-0.15, -0.1) is 0 Å². The zero-order chi connectivity index (χ0) is 19.3. The van der Waals surface area contributed by atoms with Crippen molar-refractivity contribution < 1.29 is 4.79 Å². The van der Waals surface area contributed by atoms with Crippen molar-refractivity contribution in [1.82, 2.24) is 0 Å².